The molecular weight excluding hydrogens is 509 g/mol. The lowest BCUT2D eigenvalue weighted by Gasteiger charge is -2.33. The van der Waals surface area contributed by atoms with E-state index in [9.17, 15) is 18.0 Å². The van der Waals surface area contributed by atoms with E-state index in [2.05, 4.69) is 5.32 Å². The molecule has 1 aliphatic carbocycles. The Hall–Kier alpha value is -2.29. The van der Waals surface area contributed by atoms with Gasteiger partial charge in [-0.15, -0.1) is 0 Å². The van der Waals surface area contributed by atoms with Crippen LogP contribution in [0.5, 0.6) is 0 Å². The Bertz CT molecular complexity index is 1140. The fourth-order valence-corrected chi connectivity index (χ4v) is 5.45. The monoisotopic (exact) mass is 539 g/mol. The summed E-state index contributed by atoms with van der Waals surface area (Å²) in [5.41, 5.74) is 1.06. The Morgan fingerprint density at radius 3 is 2.29 bits per heavy atom. The maximum absolute atomic E-state index is 13.7. The van der Waals surface area contributed by atoms with Gasteiger partial charge in [0.05, 0.1) is 22.0 Å². The Balaban J connectivity index is 1.91. The highest BCUT2D eigenvalue weighted by atomic mass is 35.5. The number of sulfonamides is 1. The number of carbonyl (C=O) groups excluding carboxylic acids is 2. The molecule has 7 nitrogen and oxygen atoms in total. The van der Waals surface area contributed by atoms with Crippen LogP contribution in [0.15, 0.2) is 48.5 Å². The maximum atomic E-state index is 13.7. The number of nitrogens with zero attached hydrogens (tertiary/aromatic N) is 2. The van der Waals surface area contributed by atoms with E-state index in [1.54, 1.807) is 0 Å². The van der Waals surface area contributed by atoms with Gasteiger partial charge in [-0.25, -0.2) is 8.42 Å². The van der Waals surface area contributed by atoms with Crippen LogP contribution in [0, 0.1) is 0 Å². The molecule has 0 unspecified atom stereocenters. The molecule has 10 heteroatoms. The number of anilines is 1. The molecule has 2 amide bonds. The Kier molecular flexibility index (Phi) is 9.44. The van der Waals surface area contributed by atoms with Crippen molar-refractivity contribution in [3.05, 3.63) is 64.1 Å². The third kappa shape index (κ3) is 7.35. The lowest BCUT2D eigenvalue weighted by molar-refractivity contribution is -0.140. The summed E-state index contributed by atoms with van der Waals surface area (Å²) in [7, 11) is -3.84. The lowest BCUT2D eigenvalue weighted by Crippen LogP contribution is -2.53. The van der Waals surface area contributed by atoms with Crippen LogP contribution < -0.4 is 9.62 Å². The van der Waals surface area contributed by atoms with Crippen LogP contribution in [0.1, 0.15) is 44.6 Å². The molecule has 2 aromatic rings. The summed E-state index contributed by atoms with van der Waals surface area (Å²) in [5, 5.41) is 3.53. The normalized spacial score (nSPS) is 15.0. The van der Waals surface area contributed by atoms with Gasteiger partial charge >= 0.3 is 0 Å². The van der Waals surface area contributed by atoms with Crippen molar-refractivity contribution in [3.63, 3.8) is 0 Å². The van der Waals surface area contributed by atoms with Gasteiger partial charge in [0.25, 0.3) is 0 Å². The van der Waals surface area contributed by atoms with Crippen molar-refractivity contribution in [3.8, 4) is 0 Å². The van der Waals surface area contributed by atoms with E-state index in [4.69, 9.17) is 23.2 Å². The molecule has 35 heavy (non-hydrogen) atoms. The molecule has 0 radical (unpaired) electrons. The maximum Gasteiger partial charge on any atom is 0.244 e. The molecule has 1 N–H and O–H groups in total. The van der Waals surface area contributed by atoms with Crippen molar-refractivity contribution < 1.29 is 18.0 Å². The first-order chi connectivity index (χ1) is 16.6. The molecule has 2 aromatic carbocycles. The first-order valence-corrected chi connectivity index (χ1v) is 14.3. The van der Waals surface area contributed by atoms with Crippen molar-refractivity contribution >= 4 is 50.7 Å². The van der Waals surface area contributed by atoms with E-state index < -0.39 is 28.5 Å². The van der Waals surface area contributed by atoms with Crippen molar-refractivity contribution in [2.45, 2.75) is 57.7 Å². The number of nitrogens with one attached hydrogen (secondary N) is 1. The van der Waals surface area contributed by atoms with Gasteiger partial charge in [-0.2, -0.15) is 0 Å². The average molecular weight is 541 g/mol. The van der Waals surface area contributed by atoms with E-state index in [0.717, 1.165) is 41.8 Å². The molecular formula is C25H31Cl2N3O4S. The van der Waals surface area contributed by atoms with E-state index >= 15 is 0 Å². The highest BCUT2D eigenvalue weighted by Gasteiger charge is 2.33. The highest BCUT2D eigenvalue weighted by molar-refractivity contribution is 7.92. The molecule has 1 atom stereocenters. The fourth-order valence-electron chi connectivity index (χ4n) is 4.32. The van der Waals surface area contributed by atoms with Gasteiger partial charge in [-0.1, -0.05) is 73.3 Å². The van der Waals surface area contributed by atoms with Crippen LogP contribution in [0.4, 0.5) is 5.69 Å². The number of amides is 2. The predicted octanol–water partition coefficient (Wildman–Crippen LogP) is 4.63. The standard InChI is InChI=1S/C25H31Cl2N3O4S/c1-3-23(25(32)28-19-11-7-8-12-19)29(16-18-9-5-4-6-10-18)24(31)17-30(35(2,33)34)20-13-14-21(26)22(27)15-20/h4-6,9-10,13-15,19,23H,3,7-8,11-12,16-17H2,1-2H3,(H,28,32)/t23-/m0/s1. The minimum atomic E-state index is -3.84. The summed E-state index contributed by atoms with van der Waals surface area (Å²) >= 11 is 12.1. The summed E-state index contributed by atoms with van der Waals surface area (Å²) in [6, 6.07) is 13.1. The van der Waals surface area contributed by atoms with Crippen LogP contribution in [-0.2, 0) is 26.2 Å². The topological polar surface area (TPSA) is 86.8 Å². The Morgan fingerprint density at radius 2 is 1.71 bits per heavy atom. The third-order valence-electron chi connectivity index (χ3n) is 6.15. The van der Waals surface area contributed by atoms with E-state index in [1.165, 1.54) is 23.1 Å². The van der Waals surface area contributed by atoms with Crippen LogP contribution in [0.3, 0.4) is 0 Å². The van der Waals surface area contributed by atoms with Crippen LogP contribution >= 0.6 is 23.2 Å². The van der Waals surface area contributed by atoms with E-state index in [0.29, 0.717) is 6.42 Å². The van der Waals surface area contributed by atoms with Gasteiger partial charge in [-0.3, -0.25) is 13.9 Å². The van der Waals surface area contributed by atoms with E-state index in [1.807, 2.05) is 37.3 Å². The van der Waals surface area contributed by atoms with Gasteiger partial charge < -0.3 is 10.2 Å². The Morgan fingerprint density at radius 1 is 1.06 bits per heavy atom. The number of hydrogen-bond acceptors (Lipinski definition) is 4. The number of halogens is 2. The molecule has 190 valence electrons. The first-order valence-electron chi connectivity index (χ1n) is 11.7. The average Bonchev–Trinajstić information content (AvgIpc) is 3.32. The second-order valence-electron chi connectivity index (χ2n) is 8.79. The first kappa shape index (κ1) is 27.3. The van der Waals surface area contributed by atoms with Gasteiger partial charge in [0.2, 0.25) is 21.8 Å². The number of benzene rings is 2. The van der Waals surface area contributed by atoms with Crippen molar-refractivity contribution in [2.75, 3.05) is 17.1 Å². The number of carbonyl (C=O) groups is 2. The zero-order valence-corrected chi connectivity index (χ0v) is 22.2. The van der Waals surface area contributed by atoms with Gasteiger partial charge in [0.1, 0.15) is 12.6 Å². The predicted molar refractivity (Wildman–Crippen MR) is 140 cm³/mol. The summed E-state index contributed by atoms with van der Waals surface area (Å²) in [5.74, 6) is -0.706. The molecule has 0 saturated heterocycles. The third-order valence-corrected chi connectivity index (χ3v) is 8.03. The van der Waals surface area contributed by atoms with Crippen LogP contribution in [0.2, 0.25) is 10.0 Å². The van der Waals surface area contributed by atoms with Crippen molar-refractivity contribution in [1.29, 1.82) is 0 Å². The molecule has 1 aliphatic rings. The smallest absolute Gasteiger partial charge is 0.244 e. The highest BCUT2D eigenvalue weighted by Crippen LogP contribution is 2.29. The second kappa shape index (κ2) is 12.1. The van der Waals surface area contributed by atoms with E-state index in [-0.39, 0.29) is 34.2 Å². The second-order valence-corrected chi connectivity index (χ2v) is 11.5. The lowest BCUT2D eigenvalue weighted by atomic mass is 10.1. The Labute approximate surface area is 217 Å². The molecule has 0 aliphatic heterocycles. The molecule has 1 fully saturated rings. The van der Waals surface area contributed by atoms with Crippen LogP contribution in [-0.4, -0.2) is 50.0 Å². The molecule has 0 spiro atoms. The molecule has 1 saturated carbocycles. The van der Waals surface area contributed by atoms with Gasteiger partial charge in [-0.05, 0) is 43.0 Å². The minimum Gasteiger partial charge on any atom is -0.352 e. The number of hydrogen-bond donors (Lipinski definition) is 1. The quantitative estimate of drug-likeness (QED) is 0.476. The van der Waals surface area contributed by atoms with Crippen molar-refractivity contribution in [1.82, 2.24) is 10.2 Å². The summed E-state index contributed by atoms with van der Waals surface area (Å²) in [6.07, 6.45) is 5.40. The molecule has 0 bridgehead atoms. The summed E-state index contributed by atoms with van der Waals surface area (Å²) < 4.78 is 26.3. The van der Waals surface area contributed by atoms with Gasteiger partial charge in [0.15, 0.2) is 0 Å². The largest absolute Gasteiger partial charge is 0.352 e. The van der Waals surface area contributed by atoms with Crippen LogP contribution in [0.25, 0.3) is 0 Å². The fraction of sp³-hybridized carbons (Fsp3) is 0.440. The summed E-state index contributed by atoms with van der Waals surface area (Å²) in [4.78, 5) is 28.4. The zero-order valence-electron chi connectivity index (χ0n) is 19.9. The SMILES string of the molecule is CC[C@@H](C(=O)NC1CCCC1)N(Cc1ccccc1)C(=O)CN(c1ccc(Cl)c(Cl)c1)S(C)(=O)=O. The number of rotatable bonds is 10. The molecule has 3 rings (SSSR count). The molecule has 0 heterocycles. The molecule has 0 aromatic heterocycles. The summed E-state index contributed by atoms with van der Waals surface area (Å²) in [6.45, 7) is 1.55. The minimum absolute atomic E-state index is 0.106. The van der Waals surface area contributed by atoms with Crippen molar-refractivity contribution in [2.24, 2.45) is 0 Å². The zero-order chi connectivity index (χ0) is 25.6. The van der Waals surface area contributed by atoms with Gasteiger partial charge in [0, 0.05) is 12.6 Å².